The van der Waals surface area contributed by atoms with Crippen molar-refractivity contribution in [3.63, 3.8) is 0 Å². The predicted octanol–water partition coefficient (Wildman–Crippen LogP) is 16.7. The minimum atomic E-state index is -1.98. The number of para-hydroxylation sites is 3. The van der Waals surface area contributed by atoms with Crippen LogP contribution in [-0.2, 0) is 26.5 Å². The average Bonchev–Trinajstić information content (AvgIpc) is 4.02. The molecule has 0 aliphatic rings. The van der Waals surface area contributed by atoms with Gasteiger partial charge in [-0.2, -0.15) is 11.3 Å². The van der Waals surface area contributed by atoms with E-state index >= 15 is 0 Å². The fraction of sp³-hybridized carbons (Fsp3) is 0.230. The van der Waals surface area contributed by atoms with Crippen molar-refractivity contribution < 1.29 is 24.5 Å². The first-order valence-corrected chi connectivity index (χ1v) is 32.1. The van der Waals surface area contributed by atoms with E-state index in [0.29, 0.717) is 17.8 Å². The van der Waals surface area contributed by atoms with Crippen LogP contribution in [0, 0.1) is 25.0 Å². The summed E-state index contributed by atoms with van der Waals surface area (Å²) >= 11 is -0.249. The Hall–Kier alpha value is -5.70. The van der Waals surface area contributed by atoms with Gasteiger partial charge in [0.25, 0.3) is 0 Å². The second-order valence-electron chi connectivity index (χ2n) is 20.2. The summed E-state index contributed by atoms with van der Waals surface area (Å²) in [5.74, 6) is 9.49. The van der Waals surface area contributed by atoms with Crippen molar-refractivity contribution in [1.82, 2.24) is 19.5 Å². The molecule has 0 N–H and O–H groups in total. The molecule has 0 saturated heterocycles. The number of fused-ring (bicyclic) bond motifs is 7. The summed E-state index contributed by atoms with van der Waals surface area (Å²) in [6.07, 6.45) is 3.21. The summed E-state index contributed by atoms with van der Waals surface area (Å²) in [7, 11) is 0. The molecular formula is C61H58GeIrN4OS-2. The van der Waals surface area contributed by atoms with E-state index in [1.807, 2.05) is 25.1 Å². The first-order chi connectivity index (χ1) is 32.7. The van der Waals surface area contributed by atoms with Gasteiger partial charge in [-0.1, -0.05) is 81.6 Å². The maximum Gasteiger partial charge on any atom is 0.114 e. The second-order valence-corrected chi connectivity index (χ2v) is 31.8. The quantitative estimate of drug-likeness (QED) is 0.107. The molecule has 0 saturated carbocycles. The Morgan fingerprint density at radius 3 is 2.13 bits per heavy atom. The molecule has 11 rings (SSSR count). The van der Waals surface area contributed by atoms with E-state index in [1.54, 1.807) is 11.3 Å². The first-order valence-electron chi connectivity index (χ1n) is 24.0. The van der Waals surface area contributed by atoms with Crippen molar-refractivity contribution in [2.45, 2.75) is 84.0 Å². The van der Waals surface area contributed by atoms with Crippen LogP contribution in [0.3, 0.4) is 0 Å². The number of hydrogen-bond acceptors (Lipinski definition) is 5. The minimum Gasteiger partial charge on any atom is -0.333 e. The number of rotatable bonds is 9. The van der Waals surface area contributed by atoms with E-state index in [9.17, 15) is 0 Å². The third-order valence-corrected chi connectivity index (χ3v) is 18.4. The Balaban J connectivity index is 0.000000184. The third-order valence-electron chi connectivity index (χ3n) is 13.0. The summed E-state index contributed by atoms with van der Waals surface area (Å²) in [6.45, 7) is 15.8. The smallest absolute Gasteiger partial charge is 0.114 e. The van der Waals surface area contributed by atoms with Crippen LogP contribution in [0.1, 0.15) is 75.8 Å². The van der Waals surface area contributed by atoms with E-state index in [2.05, 4.69) is 197 Å². The number of aromatic nitrogens is 4. The van der Waals surface area contributed by atoms with E-state index < -0.39 is 13.3 Å². The van der Waals surface area contributed by atoms with Crippen LogP contribution < -0.4 is 4.40 Å². The molecule has 0 bridgehead atoms. The molecule has 0 spiro atoms. The predicted molar refractivity (Wildman–Crippen MR) is 292 cm³/mol. The number of nitrogens with zero attached hydrogens (tertiary/aromatic N) is 4. The summed E-state index contributed by atoms with van der Waals surface area (Å²) < 4.78 is 11.3. The number of benzene rings is 6. The van der Waals surface area contributed by atoms with Gasteiger partial charge in [0, 0.05) is 31.5 Å². The summed E-state index contributed by atoms with van der Waals surface area (Å²) in [4.78, 5) is 16.0. The van der Waals surface area contributed by atoms with Gasteiger partial charge < -0.3 is 4.57 Å². The number of hydrogen-bond donors (Lipinski definition) is 0. The number of aryl methyl sites for hydroxylation is 1. The van der Waals surface area contributed by atoms with Crippen molar-refractivity contribution in [1.29, 1.82) is 0 Å². The van der Waals surface area contributed by atoms with Crippen LogP contribution in [0.2, 0.25) is 17.3 Å². The number of pyridine rings is 2. The Morgan fingerprint density at radius 2 is 1.41 bits per heavy atom. The molecule has 6 aromatic carbocycles. The average molecular weight is 1160 g/mol. The SMILES string of the molecule is CC(C)Cc1cc(-c2[c-]ccc3c2oc2ccccc23)nc[c]1[Ge]([CH3])([CH3])[CH3].Cc1ccc2c(n1)sc1c[c-]c(-c3nc4ccccc4n3-c3c(C(C)C)cc(-c4ccccc4)cc3C(C)C)cc12.[Ir]. The number of thiophene rings is 1. The zero-order valence-corrected chi connectivity index (χ0v) is 46.5. The van der Waals surface area contributed by atoms with Gasteiger partial charge in [-0.25, -0.2) is 4.98 Å². The molecule has 5 aromatic heterocycles. The van der Waals surface area contributed by atoms with Gasteiger partial charge in [0.15, 0.2) is 0 Å². The minimum absolute atomic E-state index is 0. The van der Waals surface area contributed by atoms with Crippen molar-refractivity contribution in [3.05, 3.63) is 174 Å². The maximum atomic E-state index is 6.20. The fourth-order valence-corrected chi connectivity index (χ4v) is 14.1. The molecule has 0 aliphatic carbocycles. The van der Waals surface area contributed by atoms with Crippen molar-refractivity contribution in [3.8, 4) is 39.5 Å². The van der Waals surface area contributed by atoms with Crippen molar-refractivity contribution in [2.75, 3.05) is 0 Å². The number of furan rings is 1. The molecule has 0 atom stereocenters. The first kappa shape index (κ1) is 48.3. The zero-order valence-electron chi connectivity index (χ0n) is 41.2. The van der Waals surface area contributed by atoms with E-state index in [0.717, 1.165) is 72.6 Å². The van der Waals surface area contributed by atoms with Crippen LogP contribution in [-0.4, -0.2) is 32.8 Å². The molecule has 5 heterocycles. The van der Waals surface area contributed by atoms with Gasteiger partial charge in [-0.15, -0.1) is 23.8 Å². The van der Waals surface area contributed by atoms with Crippen LogP contribution >= 0.6 is 11.3 Å². The molecule has 0 aliphatic heterocycles. The van der Waals surface area contributed by atoms with Crippen LogP contribution in [0.25, 0.3) is 92.7 Å². The molecule has 69 heavy (non-hydrogen) atoms. The summed E-state index contributed by atoms with van der Waals surface area (Å²) in [5.41, 5.74) is 15.7. The van der Waals surface area contributed by atoms with Gasteiger partial charge in [-0.05, 0) is 81.4 Å². The maximum absolute atomic E-state index is 6.20. The largest absolute Gasteiger partial charge is 0.333 e. The van der Waals surface area contributed by atoms with E-state index in [1.165, 1.54) is 53.4 Å². The molecule has 0 unspecified atom stereocenters. The molecule has 5 nitrogen and oxygen atoms in total. The van der Waals surface area contributed by atoms with Gasteiger partial charge in [-0.3, -0.25) is 4.98 Å². The molecule has 0 amide bonds. The van der Waals surface area contributed by atoms with Gasteiger partial charge in [0.05, 0.1) is 16.9 Å². The molecule has 349 valence electrons. The Bertz CT molecular complexity index is 3620. The van der Waals surface area contributed by atoms with Crippen molar-refractivity contribution >= 4 is 82.3 Å². The van der Waals surface area contributed by atoms with Gasteiger partial charge >= 0.3 is 164 Å². The topological polar surface area (TPSA) is 56.7 Å². The molecular weight excluding hydrogens is 1100 g/mol. The normalized spacial score (nSPS) is 12.0. The monoisotopic (exact) mass is 1160 g/mol. The van der Waals surface area contributed by atoms with Crippen LogP contribution in [0.5, 0.6) is 0 Å². The zero-order chi connectivity index (χ0) is 47.4. The fourth-order valence-electron chi connectivity index (χ4n) is 9.67. The Labute approximate surface area is 426 Å². The standard InChI is InChI=1S/C37H32N3S.C24H26GeNO.Ir/c1-22(2)29-20-27(25-11-7-6-8-12-25)21-30(23(3)4)35(29)40-33-14-10-9-13-32(33)39-36(40)26-16-18-34-31(19-26)28-17-15-24(5)38-37(28)41-34;1-16(2)13-17-14-22(26-15-21(17)25(3,4)5)20-11-8-10-19-18-9-6-7-12-23(18)27-24(19)20;/h6-15,17-23H,1-5H3;6-10,12,14-16H,13H2,1-5H3;/q2*-1;. The summed E-state index contributed by atoms with van der Waals surface area (Å²) in [5, 5.41) is 4.67. The Kier molecular flexibility index (Phi) is 13.7. The van der Waals surface area contributed by atoms with Crippen LogP contribution in [0.4, 0.5) is 0 Å². The van der Waals surface area contributed by atoms with Gasteiger partial charge in [0.1, 0.15) is 4.83 Å². The third kappa shape index (κ3) is 9.39. The number of imidazole rings is 1. The summed E-state index contributed by atoms with van der Waals surface area (Å²) in [6, 6.07) is 54.2. The van der Waals surface area contributed by atoms with E-state index in [-0.39, 0.29) is 20.1 Å². The molecule has 8 heteroatoms. The van der Waals surface area contributed by atoms with Crippen LogP contribution in [0.15, 0.2) is 144 Å². The van der Waals surface area contributed by atoms with Crippen molar-refractivity contribution in [2.24, 2.45) is 5.92 Å². The van der Waals surface area contributed by atoms with E-state index in [4.69, 9.17) is 19.4 Å². The molecule has 0 fully saturated rings. The van der Waals surface area contributed by atoms with Gasteiger partial charge in [0.2, 0.25) is 0 Å². The molecule has 1 radical (unpaired) electrons. The molecule has 11 aromatic rings. The second kappa shape index (κ2) is 19.6. The Morgan fingerprint density at radius 1 is 0.696 bits per heavy atom.